The SMILES string of the molecule is Clc1cc2oc3ccccc3c2c2oc3ccccc3c12.O[B]Oc1ccnc(-c2ccccc2)c1.c1ccc(-c2cc(-c3cc4oc5ccccc5c4c4oc5ccccc5c34)ccn2)cc1. The maximum absolute atomic E-state index is 8.51. The lowest BCUT2D eigenvalue weighted by molar-refractivity contribution is 0.453. The monoisotopic (exact) mass is 901 g/mol. The van der Waals surface area contributed by atoms with Gasteiger partial charge in [-0.15, -0.1) is 0 Å². The van der Waals surface area contributed by atoms with E-state index in [2.05, 4.69) is 58.5 Å². The first-order valence-corrected chi connectivity index (χ1v) is 22.3. The number of rotatable bonds is 5. The van der Waals surface area contributed by atoms with Crippen LogP contribution in [-0.4, -0.2) is 22.7 Å². The number of aromatic nitrogens is 2. The minimum Gasteiger partial charge on any atom is -0.537 e. The average molecular weight is 902 g/mol. The van der Waals surface area contributed by atoms with E-state index in [1.54, 1.807) is 18.3 Å². The minimum atomic E-state index is 0.561. The third-order valence-electron chi connectivity index (χ3n) is 12.1. The van der Waals surface area contributed by atoms with Gasteiger partial charge in [0, 0.05) is 68.0 Å². The Kier molecular flexibility index (Phi) is 10.4. The van der Waals surface area contributed by atoms with E-state index in [1.807, 2.05) is 140 Å². The van der Waals surface area contributed by atoms with Crippen molar-refractivity contribution in [2.24, 2.45) is 0 Å². The van der Waals surface area contributed by atoms with Crippen LogP contribution >= 0.6 is 11.6 Å². The molecule has 0 bridgehead atoms. The highest BCUT2D eigenvalue weighted by Crippen LogP contribution is 2.45. The maximum Gasteiger partial charge on any atom is 0.569 e. The number of furan rings is 4. The molecule has 0 aliphatic rings. The molecule has 0 fully saturated rings. The Labute approximate surface area is 393 Å². The summed E-state index contributed by atoms with van der Waals surface area (Å²) in [5.74, 6) is 0.561. The second-order valence-electron chi connectivity index (χ2n) is 16.1. The van der Waals surface area contributed by atoms with Crippen LogP contribution in [0.15, 0.2) is 224 Å². The van der Waals surface area contributed by atoms with Crippen molar-refractivity contribution in [2.45, 2.75) is 0 Å². The van der Waals surface area contributed by atoms with Crippen molar-refractivity contribution in [2.75, 3.05) is 0 Å². The Balaban J connectivity index is 0.000000115. The molecule has 1 radical (unpaired) electrons. The number of benzene rings is 8. The van der Waals surface area contributed by atoms with Gasteiger partial charge in [0.1, 0.15) is 50.4 Å². The summed E-state index contributed by atoms with van der Waals surface area (Å²) in [6.45, 7) is 0. The molecule has 0 aliphatic carbocycles. The summed E-state index contributed by atoms with van der Waals surface area (Å²) >= 11 is 6.46. The largest absolute Gasteiger partial charge is 0.569 e. The molecule has 8 aromatic carbocycles. The number of halogens is 1. The molecule has 6 aromatic heterocycles. The van der Waals surface area contributed by atoms with E-state index in [4.69, 9.17) is 38.9 Å². The first kappa shape index (κ1) is 40.9. The van der Waals surface area contributed by atoms with Crippen LogP contribution in [0, 0.1) is 0 Å². The molecule has 0 aliphatic heterocycles. The fourth-order valence-corrected chi connectivity index (χ4v) is 9.33. The topological polar surface area (TPSA) is 108 Å². The molecule has 14 rings (SSSR count). The number of para-hydroxylation sites is 4. The van der Waals surface area contributed by atoms with Gasteiger partial charge in [-0.1, -0.05) is 145 Å². The molecule has 0 saturated carbocycles. The predicted molar refractivity (Wildman–Crippen MR) is 274 cm³/mol. The molecule has 14 aromatic rings. The molecule has 0 amide bonds. The molecule has 0 unspecified atom stereocenters. The molecule has 323 valence electrons. The summed E-state index contributed by atoms with van der Waals surface area (Å²) in [7, 11) is 0.657. The molecule has 6 heterocycles. The zero-order valence-electron chi connectivity index (χ0n) is 36.0. The fraction of sp³-hybridized carbons (Fsp3) is 0. The van der Waals surface area contributed by atoms with Crippen molar-refractivity contribution in [1.82, 2.24) is 9.97 Å². The van der Waals surface area contributed by atoms with Crippen molar-refractivity contribution in [3.63, 3.8) is 0 Å². The van der Waals surface area contributed by atoms with Crippen LogP contribution in [0.1, 0.15) is 0 Å². The highest BCUT2D eigenvalue weighted by atomic mass is 35.5. The Morgan fingerprint density at radius 2 is 0.838 bits per heavy atom. The molecule has 0 spiro atoms. The van der Waals surface area contributed by atoms with Gasteiger partial charge in [0.05, 0.1) is 27.2 Å². The van der Waals surface area contributed by atoms with E-state index in [-0.39, 0.29) is 0 Å². The van der Waals surface area contributed by atoms with Crippen LogP contribution in [0.4, 0.5) is 0 Å². The molecule has 1 N–H and O–H groups in total. The smallest absolute Gasteiger partial charge is 0.537 e. The molecule has 10 heteroatoms. The quantitative estimate of drug-likeness (QED) is 0.170. The van der Waals surface area contributed by atoms with Gasteiger partial charge < -0.3 is 27.3 Å². The number of nitrogens with zero attached hydrogens (tertiary/aromatic N) is 2. The Morgan fingerprint density at radius 1 is 0.397 bits per heavy atom. The zero-order chi connectivity index (χ0) is 45.6. The lowest BCUT2D eigenvalue weighted by Gasteiger charge is -2.07. The molecular weight excluding hydrogens is 867 g/mol. The van der Waals surface area contributed by atoms with E-state index in [9.17, 15) is 0 Å². The van der Waals surface area contributed by atoms with Crippen molar-refractivity contribution in [3.8, 4) is 39.4 Å². The summed E-state index contributed by atoms with van der Waals surface area (Å²) in [5, 5.41) is 17.5. The summed E-state index contributed by atoms with van der Waals surface area (Å²) in [4.78, 5) is 8.83. The van der Waals surface area contributed by atoms with Crippen LogP contribution in [0.2, 0.25) is 5.02 Å². The van der Waals surface area contributed by atoms with Crippen molar-refractivity contribution in [3.05, 3.63) is 212 Å². The van der Waals surface area contributed by atoms with E-state index < -0.39 is 0 Å². The summed E-state index contributed by atoms with van der Waals surface area (Å²) in [5.41, 5.74) is 12.7. The van der Waals surface area contributed by atoms with Crippen molar-refractivity contribution >= 4 is 107 Å². The van der Waals surface area contributed by atoms with Gasteiger partial charge in [0.2, 0.25) is 0 Å². The molecule has 0 atom stereocenters. The number of hydrogen-bond acceptors (Lipinski definition) is 8. The van der Waals surface area contributed by atoms with Crippen LogP contribution in [0.25, 0.3) is 121 Å². The third kappa shape index (κ3) is 7.27. The summed E-state index contributed by atoms with van der Waals surface area (Å²) in [6, 6.07) is 63.9. The number of fused-ring (bicyclic) bond motifs is 14. The first-order valence-electron chi connectivity index (χ1n) is 21.9. The first-order chi connectivity index (χ1) is 33.6. The lowest BCUT2D eigenvalue weighted by atomic mass is 9.96. The van der Waals surface area contributed by atoms with Gasteiger partial charge in [-0.3, -0.25) is 9.97 Å². The fourth-order valence-electron chi connectivity index (χ4n) is 9.04. The van der Waals surface area contributed by atoms with Crippen LogP contribution in [0.5, 0.6) is 5.75 Å². The van der Waals surface area contributed by atoms with Gasteiger partial charge in [-0.25, -0.2) is 0 Å². The Bertz CT molecular complexity index is 4140. The zero-order valence-corrected chi connectivity index (χ0v) is 36.7. The number of hydrogen-bond donors (Lipinski definition) is 1. The molecule has 8 nitrogen and oxygen atoms in total. The molecular formula is C58H35BClN2O6. The van der Waals surface area contributed by atoms with E-state index in [0.717, 1.165) is 121 Å². The second-order valence-corrected chi connectivity index (χ2v) is 16.5. The molecule has 68 heavy (non-hydrogen) atoms. The molecule has 0 saturated heterocycles. The standard InChI is InChI=1S/C29H17NO2.C18H9ClO2.C11H9BNO2/c1-2-8-18(9-3-1)23-16-19(14-15-30-23)22-17-26-28(21-11-5-6-12-24(21)31-26)29-27(22)20-10-4-7-13-25(20)32-29;19-12-9-15-17(11-6-2-3-7-13(11)20-15)18-16(12)10-5-1-4-8-14(10)21-18;14-12-15-10-6-7-13-11(8-10)9-4-2-1-3-5-9/h1-17H;1-9H;1-8,14H. The van der Waals surface area contributed by atoms with Crippen molar-refractivity contribution in [1.29, 1.82) is 0 Å². The van der Waals surface area contributed by atoms with Crippen LogP contribution < -0.4 is 4.65 Å². The van der Waals surface area contributed by atoms with E-state index >= 15 is 0 Å². The van der Waals surface area contributed by atoms with Gasteiger partial charge in [0.15, 0.2) is 0 Å². The Morgan fingerprint density at radius 3 is 1.40 bits per heavy atom. The highest BCUT2D eigenvalue weighted by Gasteiger charge is 2.21. The van der Waals surface area contributed by atoms with Crippen LogP contribution in [0.3, 0.4) is 0 Å². The summed E-state index contributed by atoms with van der Waals surface area (Å²) in [6.07, 6.45) is 3.51. The Hall–Kier alpha value is -8.63. The van der Waals surface area contributed by atoms with E-state index in [0.29, 0.717) is 18.5 Å². The summed E-state index contributed by atoms with van der Waals surface area (Å²) < 4.78 is 29.5. The normalized spacial score (nSPS) is 11.4. The predicted octanol–water partition coefficient (Wildman–Crippen LogP) is 16.0. The maximum atomic E-state index is 8.51. The minimum absolute atomic E-state index is 0.561. The van der Waals surface area contributed by atoms with Crippen LogP contribution in [-0.2, 0) is 0 Å². The van der Waals surface area contributed by atoms with Gasteiger partial charge in [0.25, 0.3) is 0 Å². The lowest BCUT2D eigenvalue weighted by Crippen LogP contribution is -1.99. The van der Waals surface area contributed by atoms with Crippen molar-refractivity contribution < 1.29 is 27.3 Å². The third-order valence-corrected chi connectivity index (χ3v) is 12.4. The second kappa shape index (κ2) is 17.3. The van der Waals surface area contributed by atoms with Gasteiger partial charge in [-0.2, -0.15) is 0 Å². The van der Waals surface area contributed by atoms with Gasteiger partial charge in [-0.05, 0) is 59.7 Å². The highest BCUT2D eigenvalue weighted by molar-refractivity contribution is 6.40. The average Bonchev–Trinajstić information content (AvgIpc) is 4.17. The van der Waals surface area contributed by atoms with Gasteiger partial charge >= 0.3 is 7.69 Å². The number of pyridine rings is 2. The van der Waals surface area contributed by atoms with E-state index in [1.165, 1.54) is 0 Å².